The average Bonchev–Trinajstić information content (AvgIpc) is 2.69. The van der Waals surface area contributed by atoms with Crippen LogP contribution in [-0.2, 0) is 0 Å². The van der Waals surface area contributed by atoms with Crippen molar-refractivity contribution in [1.82, 2.24) is 4.90 Å². The van der Waals surface area contributed by atoms with Crippen molar-refractivity contribution >= 4 is 5.91 Å². The molecule has 1 N–H and O–H groups in total. The molecule has 0 aliphatic carbocycles. The molecule has 19 heavy (non-hydrogen) atoms. The first-order valence-corrected chi connectivity index (χ1v) is 6.66. The lowest BCUT2D eigenvalue weighted by Gasteiger charge is -2.19. The van der Waals surface area contributed by atoms with Crippen LogP contribution in [0.3, 0.4) is 0 Å². The summed E-state index contributed by atoms with van der Waals surface area (Å²) in [7, 11) is 0. The number of benzene rings is 1. The molecular formula is C15H21NO3. The van der Waals surface area contributed by atoms with E-state index in [1.165, 1.54) is 0 Å². The van der Waals surface area contributed by atoms with Crippen molar-refractivity contribution in [1.29, 1.82) is 0 Å². The quantitative estimate of drug-likeness (QED) is 0.908. The standard InChI is InChI=1S/C15H21NO3/c1-11(2)19-13-6-4-12(5-7-13)14(17)16-9-8-15(3,18)10-16/h4-7,11,18H,8-10H2,1-3H3. The van der Waals surface area contributed by atoms with E-state index >= 15 is 0 Å². The molecule has 0 radical (unpaired) electrons. The number of β-amino-alcohol motifs (C(OH)–C–C–N with tert-alkyl or cyclic N) is 1. The van der Waals surface area contributed by atoms with Gasteiger partial charge in [-0.2, -0.15) is 0 Å². The SMILES string of the molecule is CC(C)Oc1ccc(C(=O)N2CCC(C)(O)C2)cc1. The minimum atomic E-state index is -0.754. The molecule has 4 nitrogen and oxygen atoms in total. The Hall–Kier alpha value is -1.55. The van der Waals surface area contributed by atoms with E-state index in [4.69, 9.17) is 4.74 Å². The Morgan fingerprint density at radius 3 is 2.47 bits per heavy atom. The highest BCUT2D eigenvalue weighted by Crippen LogP contribution is 2.23. The molecule has 0 bridgehead atoms. The zero-order valence-electron chi connectivity index (χ0n) is 11.7. The van der Waals surface area contributed by atoms with Crippen LogP contribution >= 0.6 is 0 Å². The summed E-state index contributed by atoms with van der Waals surface area (Å²) in [5.74, 6) is 0.730. The maximum absolute atomic E-state index is 12.2. The van der Waals surface area contributed by atoms with E-state index in [-0.39, 0.29) is 12.0 Å². The number of aliphatic hydroxyl groups is 1. The summed E-state index contributed by atoms with van der Waals surface area (Å²) in [4.78, 5) is 13.9. The number of rotatable bonds is 3. The fraction of sp³-hybridized carbons (Fsp3) is 0.533. The third-order valence-electron chi connectivity index (χ3n) is 3.21. The first-order chi connectivity index (χ1) is 8.87. The van der Waals surface area contributed by atoms with Crippen LogP contribution in [0.25, 0.3) is 0 Å². The maximum atomic E-state index is 12.2. The predicted octanol–water partition coefficient (Wildman–Crippen LogP) is 2.07. The van der Waals surface area contributed by atoms with Gasteiger partial charge in [-0.15, -0.1) is 0 Å². The van der Waals surface area contributed by atoms with Gasteiger partial charge in [-0.3, -0.25) is 4.79 Å². The number of ether oxygens (including phenoxy) is 1. The molecule has 1 amide bonds. The molecule has 4 heteroatoms. The van der Waals surface area contributed by atoms with Gasteiger partial charge >= 0.3 is 0 Å². The van der Waals surface area contributed by atoms with Crippen molar-refractivity contribution in [3.8, 4) is 5.75 Å². The van der Waals surface area contributed by atoms with Crippen molar-refractivity contribution < 1.29 is 14.6 Å². The smallest absolute Gasteiger partial charge is 0.253 e. The van der Waals surface area contributed by atoms with Crippen molar-refractivity contribution in [2.75, 3.05) is 13.1 Å². The predicted molar refractivity (Wildman–Crippen MR) is 73.4 cm³/mol. The summed E-state index contributed by atoms with van der Waals surface area (Å²) in [5.41, 5.74) is -0.120. The fourth-order valence-electron chi connectivity index (χ4n) is 2.25. The second-order valence-electron chi connectivity index (χ2n) is 5.66. The van der Waals surface area contributed by atoms with Crippen molar-refractivity contribution in [3.63, 3.8) is 0 Å². The van der Waals surface area contributed by atoms with Crippen molar-refractivity contribution in [3.05, 3.63) is 29.8 Å². The van der Waals surface area contributed by atoms with Gasteiger partial charge in [0.05, 0.1) is 11.7 Å². The first kappa shape index (κ1) is 13.9. The summed E-state index contributed by atoms with van der Waals surface area (Å²) in [6.07, 6.45) is 0.753. The van der Waals surface area contributed by atoms with E-state index in [0.29, 0.717) is 25.1 Å². The van der Waals surface area contributed by atoms with Crippen LogP contribution < -0.4 is 4.74 Å². The van der Waals surface area contributed by atoms with E-state index in [1.807, 2.05) is 13.8 Å². The molecule has 0 spiro atoms. The topological polar surface area (TPSA) is 49.8 Å². The second kappa shape index (κ2) is 5.21. The summed E-state index contributed by atoms with van der Waals surface area (Å²) in [6, 6.07) is 7.16. The Morgan fingerprint density at radius 1 is 1.37 bits per heavy atom. The molecule has 1 unspecified atom stereocenters. The first-order valence-electron chi connectivity index (χ1n) is 6.66. The van der Waals surface area contributed by atoms with Gasteiger partial charge < -0.3 is 14.7 Å². The molecule has 1 heterocycles. The highest BCUT2D eigenvalue weighted by Gasteiger charge is 2.34. The molecular weight excluding hydrogens is 242 g/mol. The molecule has 1 aromatic carbocycles. The lowest BCUT2D eigenvalue weighted by molar-refractivity contribution is 0.0572. The summed E-state index contributed by atoms with van der Waals surface area (Å²) in [6.45, 7) is 6.70. The number of nitrogens with zero attached hydrogens (tertiary/aromatic N) is 1. The minimum absolute atomic E-state index is 0.0335. The Kier molecular flexibility index (Phi) is 3.80. The van der Waals surface area contributed by atoms with Crippen molar-refractivity contribution in [2.24, 2.45) is 0 Å². The molecule has 104 valence electrons. The van der Waals surface area contributed by atoms with Gasteiger partial charge in [0.25, 0.3) is 5.91 Å². The van der Waals surface area contributed by atoms with E-state index < -0.39 is 5.60 Å². The van der Waals surface area contributed by atoms with Gasteiger partial charge in [-0.25, -0.2) is 0 Å². The van der Waals surface area contributed by atoms with Gasteiger partial charge in [0.1, 0.15) is 5.75 Å². The normalized spacial score (nSPS) is 22.9. The molecule has 1 aliphatic heterocycles. The number of likely N-dealkylation sites (tertiary alicyclic amines) is 1. The molecule has 2 rings (SSSR count). The number of hydrogen-bond donors (Lipinski definition) is 1. The largest absolute Gasteiger partial charge is 0.491 e. The zero-order chi connectivity index (χ0) is 14.0. The van der Waals surface area contributed by atoms with Gasteiger partial charge in [0.15, 0.2) is 0 Å². The van der Waals surface area contributed by atoms with Crippen LogP contribution in [-0.4, -0.2) is 40.7 Å². The summed E-state index contributed by atoms with van der Waals surface area (Å²) >= 11 is 0. The van der Waals surface area contributed by atoms with Crippen LogP contribution in [0, 0.1) is 0 Å². The van der Waals surface area contributed by atoms with Crippen LogP contribution in [0.15, 0.2) is 24.3 Å². The third kappa shape index (κ3) is 3.47. The molecule has 1 fully saturated rings. The van der Waals surface area contributed by atoms with Crippen molar-refractivity contribution in [2.45, 2.75) is 38.9 Å². The number of hydrogen-bond acceptors (Lipinski definition) is 3. The summed E-state index contributed by atoms with van der Waals surface area (Å²) in [5, 5.41) is 9.89. The zero-order valence-corrected chi connectivity index (χ0v) is 11.7. The van der Waals surface area contributed by atoms with Gasteiger partial charge in [0, 0.05) is 18.7 Å². The van der Waals surface area contributed by atoms with E-state index in [2.05, 4.69) is 0 Å². The Balaban J connectivity index is 2.04. The fourth-order valence-corrected chi connectivity index (χ4v) is 2.25. The summed E-state index contributed by atoms with van der Waals surface area (Å²) < 4.78 is 5.54. The van der Waals surface area contributed by atoms with Gasteiger partial charge in [-0.05, 0) is 51.5 Å². The van der Waals surface area contributed by atoms with Gasteiger partial charge in [-0.1, -0.05) is 0 Å². The molecule has 0 aromatic heterocycles. The molecule has 1 atom stereocenters. The van der Waals surface area contributed by atoms with Gasteiger partial charge in [0.2, 0.25) is 0 Å². The van der Waals surface area contributed by atoms with Crippen LogP contribution in [0.4, 0.5) is 0 Å². The lowest BCUT2D eigenvalue weighted by atomic mass is 10.1. The third-order valence-corrected chi connectivity index (χ3v) is 3.21. The van der Waals surface area contributed by atoms with E-state index in [1.54, 1.807) is 36.1 Å². The highest BCUT2D eigenvalue weighted by molar-refractivity contribution is 5.94. The number of carbonyl (C=O) groups is 1. The molecule has 1 aliphatic rings. The van der Waals surface area contributed by atoms with Crippen LogP contribution in [0.5, 0.6) is 5.75 Å². The molecule has 0 saturated carbocycles. The van der Waals surface area contributed by atoms with E-state index in [9.17, 15) is 9.90 Å². The Bertz CT molecular complexity index is 451. The van der Waals surface area contributed by atoms with Crippen LogP contribution in [0.1, 0.15) is 37.6 Å². The molecule has 1 aromatic rings. The maximum Gasteiger partial charge on any atom is 0.253 e. The highest BCUT2D eigenvalue weighted by atomic mass is 16.5. The monoisotopic (exact) mass is 263 g/mol. The Morgan fingerprint density at radius 2 is 2.00 bits per heavy atom. The number of carbonyl (C=O) groups excluding carboxylic acids is 1. The average molecular weight is 263 g/mol. The van der Waals surface area contributed by atoms with E-state index in [0.717, 1.165) is 5.75 Å². The Labute approximate surface area is 114 Å². The number of amides is 1. The lowest BCUT2D eigenvalue weighted by Crippen LogP contribution is -2.33. The minimum Gasteiger partial charge on any atom is -0.491 e. The van der Waals surface area contributed by atoms with Crippen LogP contribution in [0.2, 0.25) is 0 Å². The molecule has 1 saturated heterocycles. The second-order valence-corrected chi connectivity index (χ2v) is 5.66.